The predicted octanol–water partition coefficient (Wildman–Crippen LogP) is 19.7. The van der Waals surface area contributed by atoms with E-state index in [1.165, 1.54) is 135 Å². The van der Waals surface area contributed by atoms with E-state index in [0.29, 0.717) is 31.6 Å². The van der Waals surface area contributed by atoms with Gasteiger partial charge in [0.15, 0.2) is 12.2 Å². The van der Waals surface area contributed by atoms with Crippen LogP contribution in [0, 0.1) is 23.7 Å². The van der Waals surface area contributed by atoms with E-state index < -0.39 is 97.5 Å². The third-order valence-corrected chi connectivity index (χ3v) is 18.3. The fourth-order valence-electron chi connectivity index (χ4n) is 10.5. The second kappa shape index (κ2) is 59.8. The Morgan fingerprint density at radius 2 is 0.539 bits per heavy atom. The molecule has 0 aromatic carbocycles. The van der Waals surface area contributed by atoms with Gasteiger partial charge in [-0.2, -0.15) is 0 Å². The van der Waals surface area contributed by atoms with Gasteiger partial charge in [-0.15, -0.1) is 0 Å². The van der Waals surface area contributed by atoms with Gasteiger partial charge in [0.2, 0.25) is 0 Å². The molecule has 19 heteroatoms. The molecule has 0 aromatic heterocycles. The number of ether oxygens (including phenoxy) is 4. The fraction of sp³-hybridized carbons (Fsp3) is 0.943. The van der Waals surface area contributed by atoms with Crippen LogP contribution in [0.5, 0.6) is 0 Å². The lowest BCUT2D eigenvalue weighted by molar-refractivity contribution is -0.161. The Morgan fingerprint density at radius 1 is 0.315 bits per heavy atom. The molecule has 89 heavy (non-hydrogen) atoms. The highest BCUT2D eigenvalue weighted by atomic mass is 31.2. The number of hydrogen-bond donors (Lipinski definition) is 3. The van der Waals surface area contributed by atoms with Crippen LogP contribution in [0.3, 0.4) is 0 Å². The average Bonchev–Trinajstić information content (AvgIpc) is 3.69. The maximum Gasteiger partial charge on any atom is 0.472 e. The van der Waals surface area contributed by atoms with Crippen molar-refractivity contribution in [1.29, 1.82) is 0 Å². The van der Waals surface area contributed by atoms with Gasteiger partial charge in [0.1, 0.15) is 19.3 Å². The Morgan fingerprint density at radius 3 is 0.798 bits per heavy atom. The number of phosphoric ester groups is 2. The standard InChI is InChI=1S/C70H136O17P2/c1-9-63(8)49-41-33-28-29-35-43-51-68(73)81-57-66(87-70(75)53-45-37-26-20-16-12-14-18-23-31-39-47-61(4)5)59-85-89(78,79)83-55-64(71)54-82-88(76,77)84-58-65(56-80-67(72)50-42-34-27-21-24-32-40-48-62(6)7)86-69(74)52-44-36-25-19-15-11-10-13-17-22-30-38-46-60(2)3/h60-66,71H,9-59H2,1-8H3,(H,76,77)(H,78,79)/t63?,64-,65-,66-/m1/s1. The summed E-state index contributed by atoms with van der Waals surface area (Å²) in [6.45, 7) is 14.1. The van der Waals surface area contributed by atoms with Crippen LogP contribution < -0.4 is 0 Å². The van der Waals surface area contributed by atoms with E-state index in [1.54, 1.807) is 0 Å². The SMILES string of the molecule is CCC(C)CCCCCCCCC(=O)OC[C@H](COP(=O)(O)OC[C@H](O)COP(=O)(O)OC[C@@H](COC(=O)CCCCCCCCCC(C)C)OC(=O)CCCCCCCCCCCCCCC(C)C)OC(=O)CCCCCCCCCCCCCC(C)C. The first kappa shape index (κ1) is 87.1. The monoisotopic (exact) mass is 1310 g/mol. The van der Waals surface area contributed by atoms with Crippen molar-refractivity contribution in [3.8, 4) is 0 Å². The number of carbonyl (C=O) groups is 4. The lowest BCUT2D eigenvalue weighted by atomic mass is 10.00. The van der Waals surface area contributed by atoms with Crippen molar-refractivity contribution in [2.24, 2.45) is 23.7 Å². The van der Waals surface area contributed by atoms with Gasteiger partial charge in [-0.25, -0.2) is 9.13 Å². The van der Waals surface area contributed by atoms with Crippen molar-refractivity contribution in [3.63, 3.8) is 0 Å². The van der Waals surface area contributed by atoms with Crippen LogP contribution in [0.1, 0.15) is 344 Å². The molecular weight excluding hydrogens is 1170 g/mol. The first-order chi connectivity index (χ1) is 42.6. The molecule has 0 aliphatic rings. The van der Waals surface area contributed by atoms with Gasteiger partial charge >= 0.3 is 39.5 Å². The third-order valence-electron chi connectivity index (χ3n) is 16.4. The highest BCUT2D eigenvalue weighted by Crippen LogP contribution is 2.45. The maximum absolute atomic E-state index is 13.0. The number of unbranched alkanes of at least 4 members (excludes halogenated alkanes) is 32. The van der Waals surface area contributed by atoms with E-state index in [9.17, 15) is 43.2 Å². The van der Waals surface area contributed by atoms with Crippen molar-refractivity contribution in [2.75, 3.05) is 39.6 Å². The van der Waals surface area contributed by atoms with Crippen LogP contribution in [0.4, 0.5) is 0 Å². The Bertz CT molecular complexity index is 1770. The smallest absolute Gasteiger partial charge is 0.462 e. The molecule has 6 atom stereocenters. The van der Waals surface area contributed by atoms with Crippen molar-refractivity contribution < 1.29 is 80.2 Å². The molecule has 0 rings (SSSR count). The number of aliphatic hydroxyl groups excluding tert-OH is 1. The topological polar surface area (TPSA) is 237 Å². The summed E-state index contributed by atoms with van der Waals surface area (Å²) in [6, 6.07) is 0. The molecule has 0 spiro atoms. The zero-order valence-corrected chi connectivity index (χ0v) is 59.8. The van der Waals surface area contributed by atoms with Crippen LogP contribution in [0.25, 0.3) is 0 Å². The summed E-state index contributed by atoms with van der Waals surface area (Å²) in [7, 11) is -9.90. The summed E-state index contributed by atoms with van der Waals surface area (Å²) in [4.78, 5) is 72.5. The summed E-state index contributed by atoms with van der Waals surface area (Å²) >= 11 is 0. The molecule has 0 radical (unpaired) electrons. The predicted molar refractivity (Wildman–Crippen MR) is 358 cm³/mol. The van der Waals surface area contributed by atoms with E-state index >= 15 is 0 Å². The second-order valence-corrected chi connectivity index (χ2v) is 29.8. The van der Waals surface area contributed by atoms with Gasteiger partial charge in [0.25, 0.3) is 0 Å². The zero-order valence-electron chi connectivity index (χ0n) is 58.1. The number of phosphoric acid groups is 2. The zero-order chi connectivity index (χ0) is 66.1. The van der Waals surface area contributed by atoms with Crippen LogP contribution in [-0.4, -0.2) is 96.7 Å². The molecular formula is C70H136O17P2. The molecule has 0 saturated heterocycles. The second-order valence-electron chi connectivity index (χ2n) is 26.9. The van der Waals surface area contributed by atoms with Crippen LogP contribution in [-0.2, 0) is 65.4 Å². The molecule has 3 N–H and O–H groups in total. The van der Waals surface area contributed by atoms with Crippen molar-refractivity contribution in [3.05, 3.63) is 0 Å². The molecule has 0 saturated carbocycles. The maximum atomic E-state index is 13.0. The molecule has 0 amide bonds. The lowest BCUT2D eigenvalue weighted by Gasteiger charge is -2.21. The fourth-order valence-corrected chi connectivity index (χ4v) is 12.0. The molecule has 3 unspecified atom stereocenters. The molecule has 0 aliphatic heterocycles. The number of rotatable bonds is 67. The van der Waals surface area contributed by atoms with E-state index in [4.69, 9.17) is 37.0 Å². The molecule has 0 fully saturated rings. The van der Waals surface area contributed by atoms with E-state index in [2.05, 4.69) is 55.4 Å². The Labute approximate surface area is 543 Å². The van der Waals surface area contributed by atoms with E-state index in [1.807, 2.05) is 0 Å². The number of esters is 4. The van der Waals surface area contributed by atoms with E-state index in [0.717, 1.165) is 120 Å². The van der Waals surface area contributed by atoms with Crippen molar-refractivity contribution in [1.82, 2.24) is 0 Å². The normalized spacial score (nSPS) is 14.6. The summed E-state index contributed by atoms with van der Waals surface area (Å²) in [5, 5.41) is 10.6. The van der Waals surface area contributed by atoms with Gasteiger partial charge in [-0.3, -0.25) is 37.3 Å². The summed E-state index contributed by atoms with van der Waals surface area (Å²) in [5.74, 6) is 0.847. The average molecular weight is 1310 g/mol. The lowest BCUT2D eigenvalue weighted by Crippen LogP contribution is -2.30. The Hall–Kier alpha value is -1.94. The molecule has 17 nitrogen and oxygen atoms in total. The molecule has 528 valence electrons. The molecule has 0 heterocycles. The van der Waals surface area contributed by atoms with Crippen molar-refractivity contribution >= 4 is 39.5 Å². The van der Waals surface area contributed by atoms with Gasteiger partial charge in [-0.1, -0.05) is 293 Å². The third kappa shape index (κ3) is 63.2. The summed E-state index contributed by atoms with van der Waals surface area (Å²) in [6.07, 6.45) is 41.7. The Balaban J connectivity index is 5.25. The first-order valence-electron chi connectivity index (χ1n) is 36.2. The van der Waals surface area contributed by atoms with Gasteiger partial charge in [-0.05, 0) is 49.4 Å². The van der Waals surface area contributed by atoms with Gasteiger partial charge in [0, 0.05) is 25.7 Å². The molecule has 0 aliphatic carbocycles. The van der Waals surface area contributed by atoms with Crippen LogP contribution in [0.2, 0.25) is 0 Å². The number of aliphatic hydroxyl groups is 1. The minimum atomic E-state index is -4.95. The Kier molecular flexibility index (Phi) is 58.5. The summed E-state index contributed by atoms with van der Waals surface area (Å²) < 4.78 is 68.3. The minimum absolute atomic E-state index is 0.105. The molecule has 0 aromatic rings. The van der Waals surface area contributed by atoms with E-state index in [-0.39, 0.29) is 25.7 Å². The highest BCUT2D eigenvalue weighted by molar-refractivity contribution is 7.47. The largest absolute Gasteiger partial charge is 0.472 e. The highest BCUT2D eigenvalue weighted by Gasteiger charge is 2.30. The van der Waals surface area contributed by atoms with Crippen molar-refractivity contribution in [2.45, 2.75) is 363 Å². The molecule has 0 bridgehead atoms. The first-order valence-corrected chi connectivity index (χ1v) is 39.2. The van der Waals surface area contributed by atoms with Crippen LogP contribution in [0.15, 0.2) is 0 Å². The van der Waals surface area contributed by atoms with Gasteiger partial charge in [0.05, 0.1) is 26.4 Å². The number of hydrogen-bond acceptors (Lipinski definition) is 15. The van der Waals surface area contributed by atoms with Gasteiger partial charge < -0.3 is 33.8 Å². The summed E-state index contributed by atoms with van der Waals surface area (Å²) in [5.41, 5.74) is 0. The van der Waals surface area contributed by atoms with Crippen LogP contribution >= 0.6 is 15.6 Å². The number of carbonyl (C=O) groups excluding carboxylic acids is 4. The minimum Gasteiger partial charge on any atom is -0.462 e. The quantitative estimate of drug-likeness (QED) is 0.0222.